The standard InChI is InChI=1S/C13H17BrN2O2/c1-9-5-10(14)3-4-11(9)16-12(17)6-18-13(2)7-15-8-13/h3-5,15H,6-8H2,1-2H3,(H,16,17). The maximum atomic E-state index is 11.8. The van der Waals surface area contributed by atoms with Crippen molar-refractivity contribution in [3.63, 3.8) is 0 Å². The van der Waals surface area contributed by atoms with Crippen molar-refractivity contribution in [2.24, 2.45) is 0 Å². The van der Waals surface area contributed by atoms with Crippen LogP contribution < -0.4 is 10.6 Å². The summed E-state index contributed by atoms with van der Waals surface area (Å²) < 4.78 is 6.58. The molecule has 0 bridgehead atoms. The van der Waals surface area contributed by atoms with Gasteiger partial charge in [-0.3, -0.25) is 4.79 Å². The van der Waals surface area contributed by atoms with E-state index < -0.39 is 0 Å². The molecule has 4 nitrogen and oxygen atoms in total. The minimum atomic E-state index is -0.188. The van der Waals surface area contributed by atoms with Crippen LogP contribution in [0, 0.1) is 6.92 Å². The lowest BCUT2D eigenvalue weighted by molar-refractivity contribution is -0.130. The summed E-state index contributed by atoms with van der Waals surface area (Å²) in [5, 5.41) is 5.98. The van der Waals surface area contributed by atoms with Crippen LogP contribution >= 0.6 is 15.9 Å². The number of benzene rings is 1. The Labute approximate surface area is 115 Å². The molecule has 0 aliphatic carbocycles. The first-order valence-electron chi connectivity index (χ1n) is 5.89. The average Bonchev–Trinajstić information content (AvgIpc) is 2.28. The molecular weight excluding hydrogens is 296 g/mol. The van der Waals surface area contributed by atoms with Gasteiger partial charge in [-0.05, 0) is 37.6 Å². The van der Waals surface area contributed by atoms with Gasteiger partial charge in [-0.2, -0.15) is 0 Å². The molecule has 5 heteroatoms. The van der Waals surface area contributed by atoms with Crippen LogP contribution in [-0.2, 0) is 9.53 Å². The second-order valence-electron chi connectivity index (χ2n) is 4.85. The van der Waals surface area contributed by atoms with E-state index in [2.05, 4.69) is 26.6 Å². The fourth-order valence-electron chi connectivity index (χ4n) is 1.77. The van der Waals surface area contributed by atoms with E-state index >= 15 is 0 Å². The molecule has 1 heterocycles. The van der Waals surface area contributed by atoms with Crippen molar-refractivity contribution in [3.8, 4) is 0 Å². The van der Waals surface area contributed by atoms with Crippen LogP contribution in [0.3, 0.4) is 0 Å². The highest BCUT2D eigenvalue weighted by atomic mass is 79.9. The summed E-state index contributed by atoms with van der Waals surface area (Å²) in [5.74, 6) is -0.117. The van der Waals surface area contributed by atoms with Gasteiger partial charge in [0.2, 0.25) is 5.91 Å². The Morgan fingerprint density at radius 1 is 1.56 bits per heavy atom. The monoisotopic (exact) mass is 312 g/mol. The molecule has 0 atom stereocenters. The second kappa shape index (κ2) is 5.38. The number of carbonyl (C=O) groups excluding carboxylic acids is 1. The lowest BCUT2D eigenvalue weighted by atomic mass is 10.0. The van der Waals surface area contributed by atoms with Crippen molar-refractivity contribution in [3.05, 3.63) is 28.2 Å². The fourth-order valence-corrected chi connectivity index (χ4v) is 2.25. The van der Waals surface area contributed by atoms with Crippen molar-refractivity contribution in [2.45, 2.75) is 19.4 Å². The number of anilines is 1. The van der Waals surface area contributed by atoms with Crippen LogP contribution in [-0.4, -0.2) is 31.2 Å². The van der Waals surface area contributed by atoms with Crippen LogP contribution in [0.5, 0.6) is 0 Å². The SMILES string of the molecule is Cc1cc(Br)ccc1NC(=O)COC1(C)CNC1. The van der Waals surface area contributed by atoms with Crippen LogP contribution in [0.2, 0.25) is 0 Å². The molecule has 0 radical (unpaired) electrons. The van der Waals surface area contributed by atoms with Crippen molar-refractivity contribution >= 4 is 27.5 Å². The van der Waals surface area contributed by atoms with E-state index in [1.165, 1.54) is 0 Å². The molecule has 0 aromatic heterocycles. The third kappa shape index (κ3) is 3.31. The minimum Gasteiger partial charge on any atom is -0.363 e. The van der Waals surface area contributed by atoms with Gasteiger partial charge < -0.3 is 15.4 Å². The quantitative estimate of drug-likeness (QED) is 0.895. The zero-order valence-corrected chi connectivity index (χ0v) is 12.1. The number of hydrogen-bond acceptors (Lipinski definition) is 3. The van der Waals surface area contributed by atoms with Crippen LogP contribution in [0.4, 0.5) is 5.69 Å². The van der Waals surface area contributed by atoms with Gasteiger partial charge in [-0.1, -0.05) is 15.9 Å². The average molecular weight is 313 g/mol. The molecule has 2 N–H and O–H groups in total. The lowest BCUT2D eigenvalue weighted by Crippen LogP contribution is -2.59. The Kier molecular flexibility index (Phi) is 4.04. The highest BCUT2D eigenvalue weighted by molar-refractivity contribution is 9.10. The van der Waals surface area contributed by atoms with E-state index in [9.17, 15) is 4.79 Å². The predicted molar refractivity (Wildman–Crippen MR) is 74.7 cm³/mol. The van der Waals surface area contributed by atoms with Gasteiger partial charge in [0.25, 0.3) is 0 Å². The van der Waals surface area contributed by atoms with E-state index in [1.54, 1.807) is 0 Å². The van der Waals surface area contributed by atoms with E-state index in [1.807, 2.05) is 32.0 Å². The Bertz CT molecular complexity index is 458. The highest BCUT2D eigenvalue weighted by Crippen LogP contribution is 2.20. The zero-order valence-electron chi connectivity index (χ0n) is 10.5. The number of ether oxygens (including phenoxy) is 1. The number of hydrogen-bond donors (Lipinski definition) is 2. The van der Waals surface area contributed by atoms with Crippen LogP contribution in [0.25, 0.3) is 0 Å². The molecule has 1 fully saturated rings. The first-order chi connectivity index (χ1) is 8.48. The van der Waals surface area contributed by atoms with Crippen molar-refractivity contribution in [1.82, 2.24) is 5.32 Å². The third-order valence-electron chi connectivity index (χ3n) is 3.01. The Hall–Kier alpha value is -0.910. The molecule has 1 saturated heterocycles. The number of rotatable bonds is 4. The highest BCUT2D eigenvalue weighted by Gasteiger charge is 2.32. The van der Waals surface area contributed by atoms with Crippen molar-refractivity contribution < 1.29 is 9.53 Å². The zero-order chi connectivity index (χ0) is 13.2. The molecule has 1 aromatic rings. The van der Waals surface area contributed by atoms with Gasteiger partial charge in [0, 0.05) is 23.2 Å². The summed E-state index contributed by atoms with van der Waals surface area (Å²) in [6.45, 7) is 5.66. The second-order valence-corrected chi connectivity index (χ2v) is 5.77. The molecule has 98 valence electrons. The summed E-state index contributed by atoms with van der Waals surface area (Å²) in [5.41, 5.74) is 1.66. The Morgan fingerprint density at radius 2 is 2.28 bits per heavy atom. The topological polar surface area (TPSA) is 50.4 Å². The summed E-state index contributed by atoms with van der Waals surface area (Å²) in [7, 11) is 0. The maximum absolute atomic E-state index is 11.8. The van der Waals surface area contributed by atoms with E-state index in [4.69, 9.17) is 4.74 Å². The molecule has 1 aliphatic rings. The number of carbonyl (C=O) groups is 1. The first-order valence-corrected chi connectivity index (χ1v) is 6.68. The van der Waals surface area contributed by atoms with Gasteiger partial charge in [-0.15, -0.1) is 0 Å². The molecule has 0 spiro atoms. The predicted octanol–water partition coefficient (Wildman–Crippen LogP) is 2.07. The summed E-state index contributed by atoms with van der Waals surface area (Å²) in [6.07, 6.45) is 0. The summed E-state index contributed by atoms with van der Waals surface area (Å²) in [4.78, 5) is 11.8. The van der Waals surface area contributed by atoms with E-state index in [-0.39, 0.29) is 18.1 Å². The molecule has 18 heavy (non-hydrogen) atoms. The van der Waals surface area contributed by atoms with Gasteiger partial charge in [0.05, 0.1) is 5.60 Å². The minimum absolute atomic E-state index is 0.0910. The number of halogens is 1. The van der Waals surface area contributed by atoms with Crippen LogP contribution in [0.15, 0.2) is 22.7 Å². The number of amides is 1. The van der Waals surface area contributed by atoms with Gasteiger partial charge in [-0.25, -0.2) is 0 Å². The molecule has 1 aliphatic heterocycles. The molecular formula is C13H17BrN2O2. The van der Waals surface area contributed by atoms with Gasteiger partial charge in [0.15, 0.2) is 0 Å². The largest absolute Gasteiger partial charge is 0.363 e. The normalized spacial score (nSPS) is 17.1. The van der Waals surface area contributed by atoms with Gasteiger partial charge in [0.1, 0.15) is 6.61 Å². The molecule has 0 saturated carbocycles. The maximum Gasteiger partial charge on any atom is 0.250 e. The van der Waals surface area contributed by atoms with E-state index in [0.717, 1.165) is 28.8 Å². The van der Waals surface area contributed by atoms with Crippen molar-refractivity contribution in [2.75, 3.05) is 25.0 Å². The van der Waals surface area contributed by atoms with Crippen molar-refractivity contribution in [1.29, 1.82) is 0 Å². The summed E-state index contributed by atoms with van der Waals surface area (Å²) in [6, 6.07) is 5.75. The third-order valence-corrected chi connectivity index (χ3v) is 3.51. The molecule has 1 amide bonds. The van der Waals surface area contributed by atoms with E-state index in [0.29, 0.717) is 0 Å². The molecule has 1 aromatic carbocycles. The molecule has 0 unspecified atom stereocenters. The smallest absolute Gasteiger partial charge is 0.250 e. The Morgan fingerprint density at radius 3 is 2.83 bits per heavy atom. The molecule has 2 rings (SSSR count). The summed E-state index contributed by atoms with van der Waals surface area (Å²) >= 11 is 3.39. The van der Waals surface area contributed by atoms with Gasteiger partial charge >= 0.3 is 0 Å². The first kappa shape index (κ1) is 13.5. The lowest BCUT2D eigenvalue weighted by Gasteiger charge is -2.38. The number of aryl methyl sites for hydroxylation is 1. The fraction of sp³-hybridized carbons (Fsp3) is 0.462. The Balaban J connectivity index is 1.87. The van der Waals surface area contributed by atoms with Crippen LogP contribution in [0.1, 0.15) is 12.5 Å². The number of nitrogens with one attached hydrogen (secondary N) is 2.